The minimum atomic E-state index is -1.01. The molecule has 0 atom stereocenters. The molecule has 0 unspecified atom stereocenters. The molecule has 0 aromatic heterocycles. The molecule has 0 fully saturated rings. The van der Waals surface area contributed by atoms with E-state index >= 15 is 0 Å². The summed E-state index contributed by atoms with van der Waals surface area (Å²) in [5.74, 6) is -0.672. The number of hydrogen-bond donors (Lipinski definition) is 1. The molecule has 21 heavy (non-hydrogen) atoms. The molecule has 0 amide bonds. The number of halogens is 1. The molecular weight excluding hydrogens is 292 g/mol. The van der Waals surface area contributed by atoms with Gasteiger partial charge in [-0.05, 0) is 23.8 Å². The van der Waals surface area contributed by atoms with Crippen molar-refractivity contribution in [3.05, 3.63) is 64.7 Å². The predicted molar refractivity (Wildman–Crippen MR) is 80.0 cm³/mol. The summed E-state index contributed by atoms with van der Waals surface area (Å²) in [4.78, 5) is 11.0. The van der Waals surface area contributed by atoms with Crippen LogP contribution in [0.25, 0.3) is 0 Å². The molecule has 0 spiro atoms. The van der Waals surface area contributed by atoms with Crippen LogP contribution in [0.1, 0.15) is 15.9 Å². The topological polar surface area (TPSA) is 55.8 Å². The fraction of sp³-hybridized carbons (Fsp3) is 0.188. The van der Waals surface area contributed by atoms with Crippen LogP contribution in [-0.2, 0) is 11.3 Å². The normalized spacial score (nSPS) is 10.3. The average molecular weight is 307 g/mol. The Kier molecular flexibility index (Phi) is 5.60. The Morgan fingerprint density at radius 3 is 2.52 bits per heavy atom. The van der Waals surface area contributed by atoms with Crippen molar-refractivity contribution < 1.29 is 19.4 Å². The largest absolute Gasteiger partial charge is 0.490 e. The predicted octanol–water partition coefficient (Wildman–Crippen LogP) is 3.63. The standard InChI is InChI=1S/C16H15ClO4/c17-14-7-3-1-5-12(14)11-20-9-10-21-15-8-4-2-6-13(15)16(18)19/h1-8H,9-11H2,(H,18,19). The molecule has 0 aliphatic carbocycles. The van der Waals surface area contributed by atoms with Gasteiger partial charge in [0.1, 0.15) is 17.9 Å². The lowest BCUT2D eigenvalue weighted by Gasteiger charge is -2.10. The molecule has 0 saturated heterocycles. The van der Waals surface area contributed by atoms with Crippen LogP contribution in [0.3, 0.4) is 0 Å². The van der Waals surface area contributed by atoms with Gasteiger partial charge in [-0.1, -0.05) is 41.9 Å². The summed E-state index contributed by atoms with van der Waals surface area (Å²) in [6.07, 6.45) is 0. The second kappa shape index (κ2) is 7.67. The quantitative estimate of drug-likeness (QED) is 0.794. The first kappa shape index (κ1) is 15.4. The molecule has 4 nitrogen and oxygen atoms in total. The van der Waals surface area contributed by atoms with E-state index in [0.29, 0.717) is 24.0 Å². The Labute approximate surface area is 127 Å². The van der Waals surface area contributed by atoms with Crippen molar-refractivity contribution in [3.8, 4) is 5.75 Å². The van der Waals surface area contributed by atoms with E-state index in [4.69, 9.17) is 26.2 Å². The zero-order valence-electron chi connectivity index (χ0n) is 11.3. The lowest BCUT2D eigenvalue weighted by atomic mass is 10.2. The fourth-order valence-electron chi connectivity index (χ4n) is 1.78. The number of rotatable bonds is 7. The maximum absolute atomic E-state index is 11.0. The van der Waals surface area contributed by atoms with E-state index in [1.807, 2.05) is 18.2 Å². The van der Waals surface area contributed by atoms with Gasteiger partial charge in [-0.15, -0.1) is 0 Å². The van der Waals surface area contributed by atoms with Crippen molar-refractivity contribution in [1.29, 1.82) is 0 Å². The van der Waals surface area contributed by atoms with Crippen LogP contribution in [0.15, 0.2) is 48.5 Å². The van der Waals surface area contributed by atoms with Gasteiger partial charge in [-0.3, -0.25) is 0 Å². The highest BCUT2D eigenvalue weighted by atomic mass is 35.5. The molecule has 0 saturated carbocycles. The maximum atomic E-state index is 11.0. The summed E-state index contributed by atoms with van der Waals surface area (Å²) in [5, 5.41) is 9.68. The van der Waals surface area contributed by atoms with Crippen LogP contribution >= 0.6 is 11.6 Å². The Morgan fingerprint density at radius 2 is 1.76 bits per heavy atom. The first-order chi connectivity index (χ1) is 10.2. The minimum Gasteiger partial charge on any atom is -0.490 e. The highest BCUT2D eigenvalue weighted by Gasteiger charge is 2.09. The van der Waals surface area contributed by atoms with Crippen molar-refractivity contribution >= 4 is 17.6 Å². The zero-order chi connectivity index (χ0) is 15.1. The lowest BCUT2D eigenvalue weighted by Crippen LogP contribution is -2.09. The number of para-hydroxylation sites is 1. The van der Waals surface area contributed by atoms with Gasteiger partial charge in [0.25, 0.3) is 0 Å². The van der Waals surface area contributed by atoms with Crippen molar-refractivity contribution in [3.63, 3.8) is 0 Å². The van der Waals surface area contributed by atoms with Gasteiger partial charge < -0.3 is 14.6 Å². The van der Waals surface area contributed by atoms with Crippen LogP contribution in [0, 0.1) is 0 Å². The van der Waals surface area contributed by atoms with Crippen molar-refractivity contribution in [2.75, 3.05) is 13.2 Å². The molecular formula is C16H15ClO4. The van der Waals surface area contributed by atoms with E-state index in [0.717, 1.165) is 5.56 Å². The van der Waals surface area contributed by atoms with Crippen LogP contribution in [0.4, 0.5) is 0 Å². The first-order valence-corrected chi connectivity index (χ1v) is 6.82. The van der Waals surface area contributed by atoms with Gasteiger partial charge in [-0.2, -0.15) is 0 Å². The van der Waals surface area contributed by atoms with Gasteiger partial charge in [0, 0.05) is 5.02 Å². The summed E-state index contributed by atoms with van der Waals surface area (Å²) < 4.78 is 10.9. The molecule has 1 N–H and O–H groups in total. The van der Waals surface area contributed by atoms with E-state index in [2.05, 4.69) is 0 Å². The van der Waals surface area contributed by atoms with E-state index < -0.39 is 5.97 Å². The highest BCUT2D eigenvalue weighted by Crippen LogP contribution is 2.18. The number of carboxylic acids is 1. The van der Waals surface area contributed by atoms with E-state index in [9.17, 15) is 4.79 Å². The summed E-state index contributed by atoms with van der Waals surface area (Å²) in [6.45, 7) is 1.01. The van der Waals surface area contributed by atoms with Crippen LogP contribution in [0.5, 0.6) is 5.75 Å². The van der Waals surface area contributed by atoms with Crippen molar-refractivity contribution in [1.82, 2.24) is 0 Å². The Balaban J connectivity index is 1.78. The molecule has 2 rings (SSSR count). The number of aromatic carboxylic acids is 1. The number of ether oxygens (including phenoxy) is 2. The minimum absolute atomic E-state index is 0.142. The third-order valence-electron chi connectivity index (χ3n) is 2.82. The fourth-order valence-corrected chi connectivity index (χ4v) is 1.97. The van der Waals surface area contributed by atoms with Gasteiger partial charge in [0.15, 0.2) is 0 Å². The van der Waals surface area contributed by atoms with E-state index in [1.54, 1.807) is 24.3 Å². The van der Waals surface area contributed by atoms with E-state index in [-0.39, 0.29) is 12.2 Å². The number of hydrogen-bond acceptors (Lipinski definition) is 3. The van der Waals surface area contributed by atoms with Crippen LogP contribution in [0.2, 0.25) is 5.02 Å². The van der Waals surface area contributed by atoms with Gasteiger partial charge in [0.05, 0.1) is 13.2 Å². The smallest absolute Gasteiger partial charge is 0.339 e. The maximum Gasteiger partial charge on any atom is 0.339 e. The lowest BCUT2D eigenvalue weighted by molar-refractivity contribution is 0.0681. The number of carbonyl (C=O) groups is 1. The zero-order valence-corrected chi connectivity index (χ0v) is 12.0. The monoisotopic (exact) mass is 306 g/mol. The summed E-state index contributed by atoms with van der Waals surface area (Å²) in [7, 11) is 0. The third-order valence-corrected chi connectivity index (χ3v) is 3.19. The molecule has 2 aromatic carbocycles. The molecule has 0 bridgehead atoms. The van der Waals surface area contributed by atoms with Gasteiger partial charge in [-0.25, -0.2) is 4.79 Å². The van der Waals surface area contributed by atoms with E-state index in [1.165, 1.54) is 6.07 Å². The third kappa shape index (κ3) is 4.48. The Morgan fingerprint density at radius 1 is 1.05 bits per heavy atom. The molecule has 0 aliphatic rings. The Bertz CT molecular complexity index is 613. The molecule has 0 heterocycles. The van der Waals surface area contributed by atoms with Crippen LogP contribution in [-0.4, -0.2) is 24.3 Å². The molecule has 110 valence electrons. The van der Waals surface area contributed by atoms with Crippen molar-refractivity contribution in [2.45, 2.75) is 6.61 Å². The summed E-state index contributed by atoms with van der Waals surface area (Å²) in [6, 6.07) is 14.0. The van der Waals surface area contributed by atoms with Gasteiger partial charge >= 0.3 is 5.97 Å². The number of carboxylic acid groups (broad SMARTS) is 1. The Hall–Kier alpha value is -2.04. The SMILES string of the molecule is O=C(O)c1ccccc1OCCOCc1ccccc1Cl. The van der Waals surface area contributed by atoms with Gasteiger partial charge in [0.2, 0.25) is 0 Å². The summed E-state index contributed by atoms with van der Waals surface area (Å²) in [5.41, 5.74) is 1.05. The van der Waals surface area contributed by atoms with Crippen molar-refractivity contribution in [2.24, 2.45) is 0 Å². The molecule has 0 aliphatic heterocycles. The number of benzene rings is 2. The highest BCUT2D eigenvalue weighted by molar-refractivity contribution is 6.31. The first-order valence-electron chi connectivity index (χ1n) is 6.45. The second-order valence-corrected chi connectivity index (χ2v) is 4.70. The molecule has 5 heteroatoms. The molecule has 0 radical (unpaired) electrons. The second-order valence-electron chi connectivity index (χ2n) is 4.29. The molecule has 2 aromatic rings. The van der Waals surface area contributed by atoms with Crippen LogP contribution < -0.4 is 4.74 Å². The average Bonchev–Trinajstić information content (AvgIpc) is 2.49. The summed E-state index contributed by atoms with van der Waals surface area (Å²) >= 11 is 6.01.